The van der Waals surface area contributed by atoms with E-state index >= 15 is 0 Å². The molecule has 0 bridgehead atoms. The summed E-state index contributed by atoms with van der Waals surface area (Å²) in [6, 6.07) is 0.619. The SMILES string of the molecule is CC(CN(C)C1CCOC2(CCSCC2)C1)C(N)=S. The summed E-state index contributed by atoms with van der Waals surface area (Å²) in [5.41, 5.74) is 5.89. The minimum atomic E-state index is 0.162. The Balaban J connectivity index is 1.91. The lowest BCUT2D eigenvalue weighted by Crippen LogP contribution is -2.50. The number of hydrogen-bond acceptors (Lipinski definition) is 4. The highest BCUT2D eigenvalue weighted by Gasteiger charge is 2.39. The van der Waals surface area contributed by atoms with Crippen molar-refractivity contribution in [3.8, 4) is 0 Å². The van der Waals surface area contributed by atoms with Crippen LogP contribution in [0.4, 0.5) is 0 Å². The Bertz CT molecular complexity index is 313. The van der Waals surface area contributed by atoms with Crippen LogP contribution < -0.4 is 5.73 Å². The third kappa shape index (κ3) is 4.06. The molecule has 2 aliphatic rings. The van der Waals surface area contributed by atoms with Gasteiger partial charge in [0, 0.05) is 25.1 Å². The van der Waals surface area contributed by atoms with Gasteiger partial charge in [0.05, 0.1) is 10.6 Å². The molecule has 19 heavy (non-hydrogen) atoms. The summed E-state index contributed by atoms with van der Waals surface area (Å²) < 4.78 is 6.15. The quantitative estimate of drug-likeness (QED) is 0.807. The van der Waals surface area contributed by atoms with Crippen molar-refractivity contribution in [2.45, 2.75) is 44.2 Å². The Hall–Kier alpha value is 0.160. The van der Waals surface area contributed by atoms with Crippen LogP contribution in [0.5, 0.6) is 0 Å². The summed E-state index contributed by atoms with van der Waals surface area (Å²) >= 11 is 7.14. The van der Waals surface area contributed by atoms with Crippen molar-refractivity contribution in [1.29, 1.82) is 0 Å². The second-order valence-corrected chi connectivity index (χ2v) is 7.73. The van der Waals surface area contributed by atoms with Gasteiger partial charge in [-0.25, -0.2) is 0 Å². The van der Waals surface area contributed by atoms with Gasteiger partial charge in [-0.05, 0) is 44.2 Å². The van der Waals surface area contributed by atoms with Gasteiger partial charge in [-0.3, -0.25) is 0 Å². The molecular weight excluding hydrogens is 276 g/mol. The zero-order valence-electron chi connectivity index (χ0n) is 12.1. The van der Waals surface area contributed by atoms with E-state index in [9.17, 15) is 0 Å². The lowest BCUT2D eigenvalue weighted by molar-refractivity contribution is -0.108. The molecular formula is C14H26N2OS2. The Morgan fingerprint density at radius 3 is 2.84 bits per heavy atom. The van der Waals surface area contributed by atoms with Crippen LogP contribution in [0.15, 0.2) is 0 Å². The van der Waals surface area contributed by atoms with E-state index in [0.29, 0.717) is 16.9 Å². The van der Waals surface area contributed by atoms with Crippen molar-refractivity contribution in [1.82, 2.24) is 4.90 Å². The first-order valence-electron chi connectivity index (χ1n) is 7.24. The smallest absolute Gasteiger partial charge is 0.0768 e. The Morgan fingerprint density at radius 1 is 1.53 bits per heavy atom. The van der Waals surface area contributed by atoms with E-state index in [1.165, 1.54) is 30.8 Å². The lowest BCUT2D eigenvalue weighted by atomic mass is 9.85. The predicted octanol–water partition coefficient (Wildman–Crippen LogP) is 2.29. The monoisotopic (exact) mass is 302 g/mol. The highest BCUT2D eigenvalue weighted by molar-refractivity contribution is 7.99. The molecule has 2 aliphatic heterocycles. The van der Waals surface area contributed by atoms with E-state index in [1.54, 1.807) is 0 Å². The number of ether oxygens (including phenoxy) is 1. The van der Waals surface area contributed by atoms with E-state index in [4.69, 9.17) is 22.7 Å². The van der Waals surface area contributed by atoms with Gasteiger partial charge in [-0.2, -0.15) is 11.8 Å². The van der Waals surface area contributed by atoms with Crippen LogP contribution in [-0.4, -0.2) is 53.2 Å². The van der Waals surface area contributed by atoms with Crippen molar-refractivity contribution in [2.75, 3.05) is 31.7 Å². The first kappa shape index (κ1) is 15.5. The molecule has 0 aromatic heterocycles. The lowest BCUT2D eigenvalue weighted by Gasteiger charge is -2.46. The van der Waals surface area contributed by atoms with Gasteiger partial charge in [0.2, 0.25) is 0 Å². The molecule has 0 radical (unpaired) electrons. The van der Waals surface area contributed by atoms with Gasteiger partial charge >= 0.3 is 0 Å². The molecule has 2 unspecified atom stereocenters. The molecule has 1 spiro atoms. The average molecular weight is 303 g/mol. The maximum absolute atomic E-state index is 6.15. The molecule has 0 amide bonds. The van der Waals surface area contributed by atoms with Gasteiger partial charge in [-0.15, -0.1) is 0 Å². The third-order valence-corrected chi connectivity index (χ3v) is 5.93. The molecule has 0 saturated carbocycles. The maximum atomic E-state index is 6.15. The molecule has 0 aromatic rings. The van der Waals surface area contributed by atoms with Crippen LogP contribution in [0.1, 0.15) is 32.6 Å². The summed E-state index contributed by atoms with van der Waals surface area (Å²) in [5.74, 6) is 2.79. The fourth-order valence-corrected chi connectivity index (χ4v) is 4.45. The molecule has 2 atom stereocenters. The second kappa shape index (κ2) is 6.74. The van der Waals surface area contributed by atoms with Crippen molar-refractivity contribution in [3.63, 3.8) is 0 Å². The molecule has 5 heteroatoms. The predicted molar refractivity (Wildman–Crippen MR) is 86.8 cm³/mol. The Kier molecular flexibility index (Phi) is 5.52. The molecule has 2 fully saturated rings. The normalized spacial score (nSPS) is 28.5. The first-order chi connectivity index (χ1) is 9.02. The number of rotatable bonds is 4. The van der Waals surface area contributed by atoms with Crippen molar-refractivity contribution >= 4 is 29.0 Å². The number of nitrogens with two attached hydrogens (primary N) is 1. The largest absolute Gasteiger partial charge is 0.393 e. The molecule has 2 N–H and O–H groups in total. The third-order valence-electron chi connectivity index (χ3n) is 4.54. The van der Waals surface area contributed by atoms with Crippen LogP contribution in [0.25, 0.3) is 0 Å². The van der Waals surface area contributed by atoms with Crippen molar-refractivity contribution in [3.05, 3.63) is 0 Å². The van der Waals surface area contributed by atoms with Crippen LogP contribution >= 0.6 is 24.0 Å². The minimum absolute atomic E-state index is 0.162. The molecule has 2 saturated heterocycles. The van der Waals surface area contributed by atoms with Crippen LogP contribution in [0.3, 0.4) is 0 Å². The first-order valence-corrected chi connectivity index (χ1v) is 8.80. The molecule has 0 aromatic carbocycles. The summed E-state index contributed by atoms with van der Waals surface area (Å²) in [6.07, 6.45) is 4.74. The molecule has 0 aliphatic carbocycles. The van der Waals surface area contributed by atoms with Crippen LogP contribution in [0.2, 0.25) is 0 Å². The van der Waals surface area contributed by atoms with Gasteiger partial charge in [-0.1, -0.05) is 19.1 Å². The van der Waals surface area contributed by atoms with Gasteiger partial charge in [0.1, 0.15) is 0 Å². The summed E-state index contributed by atoms with van der Waals surface area (Å²) in [4.78, 5) is 3.07. The fourth-order valence-electron chi connectivity index (χ4n) is 3.14. The summed E-state index contributed by atoms with van der Waals surface area (Å²) in [6.45, 7) is 3.98. The maximum Gasteiger partial charge on any atom is 0.0768 e. The molecule has 3 nitrogen and oxygen atoms in total. The molecule has 2 rings (SSSR count). The van der Waals surface area contributed by atoms with Crippen LogP contribution in [-0.2, 0) is 4.74 Å². The molecule has 2 heterocycles. The highest BCUT2D eigenvalue weighted by atomic mass is 32.2. The topological polar surface area (TPSA) is 38.5 Å². The standard InChI is InChI=1S/C14H26N2OS2/c1-11(13(15)18)10-16(2)12-3-6-17-14(9-12)4-7-19-8-5-14/h11-12H,3-10H2,1-2H3,(H2,15,18). The summed E-state index contributed by atoms with van der Waals surface area (Å²) in [7, 11) is 2.20. The number of hydrogen-bond donors (Lipinski definition) is 1. The fraction of sp³-hybridized carbons (Fsp3) is 0.929. The van der Waals surface area contributed by atoms with E-state index in [0.717, 1.165) is 19.6 Å². The van der Waals surface area contributed by atoms with Crippen LogP contribution in [0, 0.1) is 5.92 Å². The van der Waals surface area contributed by atoms with Crippen molar-refractivity contribution in [2.24, 2.45) is 11.7 Å². The Labute approximate surface area is 126 Å². The highest BCUT2D eigenvalue weighted by Crippen LogP contribution is 2.38. The molecule has 110 valence electrons. The average Bonchev–Trinajstić information content (AvgIpc) is 2.39. The number of thiocarbonyl (C=S) groups is 1. The van der Waals surface area contributed by atoms with E-state index in [2.05, 4.69) is 30.6 Å². The summed E-state index contributed by atoms with van der Waals surface area (Å²) in [5, 5.41) is 0. The van der Waals surface area contributed by atoms with Gasteiger partial charge in [0.15, 0.2) is 0 Å². The van der Waals surface area contributed by atoms with Gasteiger partial charge < -0.3 is 15.4 Å². The van der Waals surface area contributed by atoms with E-state index in [1.807, 2.05) is 0 Å². The number of nitrogens with zero attached hydrogens (tertiary/aromatic N) is 1. The zero-order chi connectivity index (χ0) is 13.9. The Morgan fingerprint density at radius 2 is 2.21 bits per heavy atom. The van der Waals surface area contributed by atoms with E-state index in [-0.39, 0.29) is 5.60 Å². The number of thioether (sulfide) groups is 1. The van der Waals surface area contributed by atoms with Crippen molar-refractivity contribution < 1.29 is 4.74 Å². The second-order valence-electron chi connectivity index (χ2n) is 6.03. The minimum Gasteiger partial charge on any atom is -0.393 e. The van der Waals surface area contributed by atoms with E-state index < -0.39 is 0 Å². The van der Waals surface area contributed by atoms with Gasteiger partial charge in [0.25, 0.3) is 0 Å². The zero-order valence-corrected chi connectivity index (χ0v) is 13.7.